The van der Waals surface area contributed by atoms with E-state index in [0.717, 1.165) is 0 Å². The van der Waals surface area contributed by atoms with Crippen molar-refractivity contribution >= 4 is 28.9 Å². The van der Waals surface area contributed by atoms with Crippen LogP contribution in [0.15, 0.2) is 17.5 Å². The SMILES string of the molecule is CC(C)C(=O)NCCNC(=O)CCC(=O)c1cccs1. The maximum absolute atomic E-state index is 11.7. The highest BCUT2D eigenvalue weighted by atomic mass is 32.1. The van der Waals surface area contributed by atoms with Gasteiger partial charge >= 0.3 is 0 Å². The molecule has 2 amide bonds. The van der Waals surface area contributed by atoms with Crippen molar-refractivity contribution in [1.82, 2.24) is 10.6 Å². The van der Waals surface area contributed by atoms with Crippen LogP contribution in [-0.2, 0) is 9.59 Å². The number of thiophene rings is 1. The van der Waals surface area contributed by atoms with Gasteiger partial charge < -0.3 is 10.6 Å². The highest BCUT2D eigenvalue weighted by Crippen LogP contribution is 2.12. The Morgan fingerprint density at radius 2 is 1.85 bits per heavy atom. The molecule has 0 atom stereocenters. The van der Waals surface area contributed by atoms with Crippen molar-refractivity contribution in [2.45, 2.75) is 26.7 Å². The van der Waals surface area contributed by atoms with Crippen molar-refractivity contribution in [3.8, 4) is 0 Å². The topological polar surface area (TPSA) is 75.3 Å². The predicted molar refractivity (Wildman–Crippen MR) is 78.7 cm³/mol. The lowest BCUT2D eigenvalue weighted by atomic mass is 10.2. The van der Waals surface area contributed by atoms with E-state index in [9.17, 15) is 14.4 Å². The lowest BCUT2D eigenvalue weighted by Gasteiger charge is -2.08. The summed E-state index contributed by atoms with van der Waals surface area (Å²) in [7, 11) is 0. The molecular formula is C14H20N2O3S. The van der Waals surface area contributed by atoms with Crippen LogP contribution in [0.25, 0.3) is 0 Å². The first-order valence-electron chi connectivity index (χ1n) is 6.62. The van der Waals surface area contributed by atoms with E-state index < -0.39 is 0 Å². The second kappa shape index (κ2) is 8.47. The van der Waals surface area contributed by atoms with Crippen molar-refractivity contribution in [1.29, 1.82) is 0 Å². The second-order valence-corrected chi connectivity index (χ2v) is 5.64. The minimum Gasteiger partial charge on any atom is -0.354 e. The average molecular weight is 296 g/mol. The molecule has 1 rings (SSSR count). The van der Waals surface area contributed by atoms with Gasteiger partial charge in [-0.05, 0) is 11.4 Å². The van der Waals surface area contributed by atoms with Crippen molar-refractivity contribution < 1.29 is 14.4 Å². The fourth-order valence-electron chi connectivity index (χ4n) is 1.47. The third-order valence-corrected chi connectivity index (χ3v) is 3.56. The van der Waals surface area contributed by atoms with Crippen molar-refractivity contribution in [3.63, 3.8) is 0 Å². The Bertz CT molecular complexity index is 455. The molecule has 0 aliphatic heterocycles. The van der Waals surface area contributed by atoms with Gasteiger partial charge in [0.15, 0.2) is 5.78 Å². The normalized spacial score (nSPS) is 10.3. The summed E-state index contributed by atoms with van der Waals surface area (Å²) < 4.78 is 0. The molecule has 0 saturated heterocycles. The van der Waals surface area contributed by atoms with Gasteiger partial charge in [0.2, 0.25) is 11.8 Å². The minimum absolute atomic E-state index is 0.0109. The lowest BCUT2D eigenvalue weighted by Crippen LogP contribution is -2.36. The van der Waals surface area contributed by atoms with Crippen LogP contribution >= 0.6 is 11.3 Å². The molecular weight excluding hydrogens is 276 g/mol. The van der Waals surface area contributed by atoms with Crippen LogP contribution in [0, 0.1) is 5.92 Å². The Labute approximate surface area is 122 Å². The summed E-state index contributed by atoms with van der Waals surface area (Å²) in [6, 6.07) is 3.57. The molecule has 0 aromatic carbocycles. The van der Waals surface area contributed by atoms with E-state index in [4.69, 9.17) is 0 Å². The van der Waals surface area contributed by atoms with Crippen molar-refractivity contribution in [2.24, 2.45) is 5.92 Å². The molecule has 0 saturated carbocycles. The molecule has 6 heteroatoms. The minimum atomic E-state index is -0.172. The summed E-state index contributed by atoms with van der Waals surface area (Å²) in [5.41, 5.74) is 0. The zero-order valence-corrected chi connectivity index (χ0v) is 12.6. The second-order valence-electron chi connectivity index (χ2n) is 4.70. The van der Waals surface area contributed by atoms with Crippen LogP contribution in [0.2, 0.25) is 0 Å². The van der Waals surface area contributed by atoms with E-state index in [0.29, 0.717) is 18.0 Å². The Morgan fingerprint density at radius 1 is 1.15 bits per heavy atom. The van der Waals surface area contributed by atoms with Crippen LogP contribution < -0.4 is 10.6 Å². The first kappa shape index (κ1) is 16.4. The number of carbonyl (C=O) groups is 3. The zero-order valence-electron chi connectivity index (χ0n) is 11.8. The van der Waals surface area contributed by atoms with Gasteiger partial charge in [0.25, 0.3) is 0 Å². The maximum Gasteiger partial charge on any atom is 0.222 e. The molecule has 0 unspecified atom stereocenters. The Morgan fingerprint density at radius 3 is 2.45 bits per heavy atom. The number of Topliss-reactive ketones (excluding diaryl/α,β-unsaturated/α-hetero) is 1. The largest absolute Gasteiger partial charge is 0.354 e. The van der Waals surface area contributed by atoms with Crippen molar-refractivity contribution in [2.75, 3.05) is 13.1 Å². The molecule has 0 fully saturated rings. The quantitative estimate of drug-likeness (QED) is 0.565. The molecule has 5 nitrogen and oxygen atoms in total. The van der Waals surface area contributed by atoms with Gasteiger partial charge in [-0.1, -0.05) is 19.9 Å². The summed E-state index contributed by atoms with van der Waals surface area (Å²) in [6.07, 6.45) is 0.388. The summed E-state index contributed by atoms with van der Waals surface area (Å²) in [6.45, 7) is 4.40. The zero-order chi connectivity index (χ0) is 15.0. The standard InChI is InChI=1S/C14H20N2O3S/c1-10(2)14(19)16-8-7-15-13(18)6-5-11(17)12-4-3-9-20-12/h3-4,9-10H,5-8H2,1-2H3,(H,15,18)(H,16,19). The third kappa shape index (κ3) is 5.97. The van der Waals surface area contributed by atoms with Crippen LogP contribution in [0.4, 0.5) is 0 Å². The van der Waals surface area contributed by atoms with Gasteiger partial charge in [0.1, 0.15) is 0 Å². The van der Waals surface area contributed by atoms with Crippen LogP contribution in [0.5, 0.6) is 0 Å². The van der Waals surface area contributed by atoms with Crippen LogP contribution in [0.3, 0.4) is 0 Å². The van der Waals surface area contributed by atoms with Gasteiger partial charge in [-0.2, -0.15) is 0 Å². The lowest BCUT2D eigenvalue weighted by molar-refractivity contribution is -0.124. The molecule has 0 radical (unpaired) electrons. The first-order valence-corrected chi connectivity index (χ1v) is 7.49. The Balaban J connectivity index is 2.12. The van der Waals surface area contributed by atoms with Gasteiger partial charge in [-0.25, -0.2) is 0 Å². The van der Waals surface area contributed by atoms with E-state index >= 15 is 0 Å². The maximum atomic E-state index is 11.7. The van der Waals surface area contributed by atoms with Crippen molar-refractivity contribution in [3.05, 3.63) is 22.4 Å². The number of hydrogen-bond donors (Lipinski definition) is 2. The number of carbonyl (C=O) groups excluding carboxylic acids is 3. The molecule has 1 aromatic heterocycles. The summed E-state index contributed by atoms with van der Waals surface area (Å²) >= 11 is 1.38. The highest BCUT2D eigenvalue weighted by molar-refractivity contribution is 7.12. The van der Waals surface area contributed by atoms with Crippen LogP contribution in [-0.4, -0.2) is 30.7 Å². The monoisotopic (exact) mass is 296 g/mol. The summed E-state index contributed by atoms with van der Waals surface area (Å²) in [4.78, 5) is 35.1. The van der Waals surface area contributed by atoms with E-state index in [1.165, 1.54) is 11.3 Å². The molecule has 0 bridgehead atoms. The smallest absolute Gasteiger partial charge is 0.222 e. The molecule has 20 heavy (non-hydrogen) atoms. The number of hydrogen-bond acceptors (Lipinski definition) is 4. The molecule has 0 aliphatic rings. The van der Waals surface area contributed by atoms with Gasteiger partial charge in [-0.3, -0.25) is 14.4 Å². The fourth-order valence-corrected chi connectivity index (χ4v) is 2.16. The Hall–Kier alpha value is -1.69. The van der Waals surface area contributed by atoms with Gasteiger partial charge in [0.05, 0.1) is 4.88 Å². The summed E-state index contributed by atoms with van der Waals surface area (Å²) in [5, 5.41) is 7.22. The molecule has 2 N–H and O–H groups in total. The highest BCUT2D eigenvalue weighted by Gasteiger charge is 2.10. The number of ketones is 1. The molecule has 0 aliphatic carbocycles. The third-order valence-electron chi connectivity index (χ3n) is 2.65. The van der Waals surface area contributed by atoms with E-state index in [1.54, 1.807) is 6.07 Å². The number of rotatable bonds is 8. The molecule has 110 valence electrons. The van der Waals surface area contributed by atoms with E-state index in [1.807, 2.05) is 25.3 Å². The van der Waals surface area contributed by atoms with Gasteiger partial charge in [0, 0.05) is 31.8 Å². The van der Waals surface area contributed by atoms with Gasteiger partial charge in [-0.15, -0.1) is 11.3 Å². The molecule has 1 heterocycles. The van der Waals surface area contributed by atoms with E-state index in [-0.39, 0.29) is 36.4 Å². The first-order chi connectivity index (χ1) is 9.50. The average Bonchev–Trinajstić information content (AvgIpc) is 2.94. The summed E-state index contributed by atoms with van der Waals surface area (Å²) in [5.74, 6) is -0.279. The molecule has 1 aromatic rings. The number of amides is 2. The number of nitrogens with one attached hydrogen (secondary N) is 2. The van der Waals surface area contributed by atoms with Crippen LogP contribution in [0.1, 0.15) is 36.4 Å². The van der Waals surface area contributed by atoms with E-state index in [2.05, 4.69) is 10.6 Å². The molecule has 0 spiro atoms. The Kier molecular flexibility index (Phi) is 6.93. The predicted octanol–water partition coefficient (Wildman–Crippen LogP) is 1.60. The fraction of sp³-hybridized carbons (Fsp3) is 0.500.